The number of aliphatic hydroxyl groups excluding tert-OH is 1. The van der Waals surface area contributed by atoms with Crippen molar-refractivity contribution in [3.8, 4) is 0 Å². The SMILES string of the molecule is CO[C@]1(C)C[C@@H](C)CN[C@@H](Cc2cnc[nH]2)COC(=O)[C@H](C)C(=O)[C@H](C)[C@H]1O[C@@H]1OC(C)CC(N(C)C)C1O. The van der Waals surface area contributed by atoms with Crippen LogP contribution in [0, 0.1) is 17.8 Å². The van der Waals surface area contributed by atoms with Gasteiger partial charge < -0.3 is 39.3 Å². The van der Waals surface area contributed by atoms with Crippen LogP contribution in [0.25, 0.3) is 0 Å². The van der Waals surface area contributed by atoms with Crippen LogP contribution in [-0.4, -0.2) is 108 Å². The zero-order chi connectivity index (χ0) is 28.9. The van der Waals surface area contributed by atoms with Gasteiger partial charge in [0.1, 0.15) is 18.6 Å². The Labute approximate surface area is 232 Å². The van der Waals surface area contributed by atoms with Crippen molar-refractivity contribution in [2.24, 2.45) is 17.8 Å². The number of carbonyl (C=O) groups is 2. The van der Waals surface area contributed by atoms with Gasteiger partial charge in [0.25, 0.3) is 0 Å². The van der Waals surface area contributed by atoms with Crippen LogP contribution in [0.1, 0.15) is 53.2 Å². The lowest BCUT2D eigenvalue weighted by Crippen LogP contribution is -2.59. The van der Waals surface area contributed by atoms with E-state index in [9.17, 15) is 14.7 Å². The van der Waals surface area contributed by atoms with Gasteiger partial charge >= 0.3 is 5.97 Å². The van der Waals surface area contributed by atoms with Gasteiger partial charge in [-0.3, -0.25) is 9.59 Å². The number of H-pyrrole nitrogens is 1. The Morgan fingerprint density at radius 3 is 2.56 bits per heavy atom. The van der Waals surface area contributed by atoms with Crippen molar-refractivity contribution in [1.82, 2.24) is 20.2 Å². The summed E-state index contributed by atoms with van der Waals surface area (Å²) in [7, 11) is 5.43. The van der Waals surface area contributed by atoms with Crippen molar-refractivity contribution in [3.63, 3.8) is 0 Å². The van der Waals surface area contributed by atoms with Gasteiger partial charge in [0.2, 0.25) is 0 Å². The maximum Gasteiger partial charge on any atom is 0.316 e. The molecular weight excluding hydrogens is 504 g/mol. The molecule has 2 saturated heterocycles. The molecule has 2 aliphatic rings. The average Bonchev–Trinajstić information content (AvgIpc) is 3.41. The molecule has 0 bridgehead atoms. The van der Waals surface area contributed by atoms with Gasteiger partial charge in [-0.2, -0.15) is 0 Å². The number of methoxy groups -OCH3 is 1. The number of aromatic nitrogens is 2. The minimum Gasteiger partial charge on any atom is -0.463 e. The minimum atomic E-state index is -0.996. The first-order valence-electron chi connectivity index (χ1n) is 14.0. The van der Waals surface area contributed by atoms with E-state index in [0.717, 1.165) is 5.69 Å². The normalized spacial score (nSPS) is 39.5. The van der Waals surface area contributed by atoms with Crippen LogP contribution in [0.3, 0.4) is 0 Å². The van der Waals surface area contributed by atoms with Crippen LogP contribution >= 0.6 is 0 Å². The number of ketones is 1. The summed E-state index contributed by atoms with van der Waals surface area (Å²) in [5, 5.41) is 14.7. The Morgan fingerprint density at radius 2 is 1.95 bits per heavy atom. The predicted octanol–water partition coefficient (Wildman–Crippen LogP) is 1.55. The second kappa shape index (κ2) is 13.6. The van der Waals surface area contributed by atoms with E-state index in [4.69, 9.17) is 18.9 Å². The molecule has 3 heterocycles. The largest absolute Gasteiger partial charge is 0.463 e. The van der Waals surface area contributed by atoms with Gasteiger partial charge in [0.15, 0.2) is 12.1 Å². The molecule has 3 unspecified atom stereocenters. The van der Waals surface area contributed by atoms with Crippen molar-refractivity contribution in [3.05, 3.63) is 18.2 Å². The smallest absolute Gasteiger partial charge is 0.316 e. The maximum absolute atomic E-state index is 13.7. The van der Waals surface area contributed by atoms with Crippen LogP contribution in [0.2, 0.25) is 0 Å². The molecule has 1 aromatic heterocycles. The van der Waals surface area contributed by atoms with E-state index in [1.165, 1.54) is 0 Å². The van der Waals surface area contributed by atoms with E-state index in [2.05, 4.69) is 22.2 Å². The molecule has 39 heavy (non-hydrogen) atoms. The molecular formula is C28H48N4O7. The molecule has 11 nitrogen and oxygen atoms in total. The molecule has 3 N–H and O–H groups in total. The summed E-state index contributed by atoms with van der Waals surface area (Å²) in [4.78, 5) is 35.8. The molecule has 0 saturated carbocycles. The minimum absolute atomic E-state index is 0.118. The fraction of sp³-hybridized carbons (Fsp3) is 0.821. The van der Waals surface area contributed by atoms with Gasteiger partial charge in [-0.1, -0.05) is 13.8 Å². The van der Waals surface area contributed by atoms with Crippen molar-refractivity contribution in [1.29, 1.82) is 0 Å². The van der Waals surface area contributed by atoms with Crippen LogP contribution in [0.5, 0.6) is 0 Å². The molecule has 11 heteroatoms. The number of Topliss-reactive ketones (excluding diaryl/α,β-unsaturated/α-hetero) is 1. The summed E-state index contributed by atoms with van der Waals surface area (Å²) in [6, 6.07) is -0.328. The van der Waals surface area contributed by atoms with E-state index in [1.54, 1.807) is 33.5 Å². The lowest BCUT2D eigenvalue weighted by atomic mass is 9.78. The Kier molecular flexibility index (Phi) is 11.1. The lowest BCUT2D eigenvalue weighted by Gasteiger charge is -2.46. The fourth-order valence-corrected chi connectivity index (χ4v) is 5.86. The molecule has 2 fully saturated rings. The van der Waals surface area contributed by atoms with Gasteiger partial charge in [0.05, 0.1) is 24.1 Å². The van der Waals surface area contributed by atoms with Crippen LogP contribution in [0.4, 0.5) is 0 Å². The number of likely N-dealkylation sites (N-methyl/N-ethyl adjacent to an activating group) is 1. The molecule has 0 amide bonds. The van der Waals surface area contributed by atoms with E-state index in [-0.39, 0.29) is 36.5 Å². The van der Waals surface area contributed by atoms with Gasteiger partial charge in [-0.05, 0) is 60.2 Å². The Bertz CT molecular complexity index is 929. The number of nitrogens with one attached hydrogen (secondary N) is 2. The van der Waals surface area contributed by atoms with E-state index >= 15 is 0 Å². The second-order valence-electron chi connectivity index (χ2n) is 11.9. The maximum atomic E-state index is 13.7. The van der Waals surface area contributed by atoms with Crippen LogP contribution < -0.4 is 5.32 Å². The summed E-state index contributed by atoms with van der Waals surface area (Å²) in [5.74, 6) is -2.49. The first-order valence-corrected chi connectivity index (χ1v) is 14.0. The first kappa shape index (κ1) is 31.6. The average molecular weight is 553 g/mol. The number of ether oxygens (including phenoxy) is 4. The number of esters is 1. The highest BCUT2D eigenvalue weighted by Gasteiger charge is 2.48. The number of carbonyl (C=O) groups excluding carboxylic acids is 2. The summed E-state index contributed by atoms with van der Waals surface area (Å²) >= 11 is 0. The van der Waals surface area contributed by atoms with Crippen molar-refractivity contribution in [2.45, 2.75) is 96.2 Å². The third-order valence-corrected chi connectivity index (χ3v) is 8.27. The fourth-order valence-electron chi connectivity index (χ4n) is 5.86. The molecule has 222 valence electrons. The van der Waals surface area contributed by atoms with Gasteiger partial charge in [0, 0.05) is 43.4 Å². The van der Waals surface area contributed by atoms with E-state index in [0.29, 0.717) is 25.8 Å². The summed E-state index contributed by atoms with van der Waals surface area (Å²) in [5.41, 5.74) is 0.00847. The number of hydrogen-bond donors (Lipinski definition) is 3. The molecule has 0 radical (unpaired) electrons. The number of nitrogens with zero attached hydrogens (tertiary/aromatic N) is 2. The van der Waals surface area contributed by atoms with Gasteiger partial charge in [-0.15, -0.1) is 0 Å². The van der Waals surface area contributed by atoms with E-state index < -0.39 is 41.9 Å². The highest BCUT2D eigenvalue weighted by Crippen LogP contribution is 2.36. The molecule has 10 atom stereocenters. The molecule has 0 spiro atoms. The van der Waals surface area contributed by atoms with Crippen LogP contribution in [-0.2, 0) is 35.0 Å². The zero-order valence-electron chi connectivity index (χ0n) is 24.7. The molecule has 0 aliphatic carbocycles. The molecule has 2 aliphatic heterocycles. The third-order valence-electron chi connectivity index (χ3n) is 8.27. The summed E-state index contributed by atoms with van der Waals surface area (Å²) in [6.07, 6.45) is 2.35. The summed E-state index contributed by atoms with van der Waals surface area (Å²) in [6.45, 7) is 10.0. The highest BCUT2D eigenvalue weighted by atomic mass is 16.7. The number of aromatic amines is 1. The number of rotatable bonds is 6. The quantitative estimate of drug-likeness (QED) is 0.352. The number of aliphatic hydroxyl groups is 1. The van der Waals surface area contributed by atoms with Crippen molar-refractivity contribution < 1.29 is 33.6 Å². The Hall–Kier alpha value is -1.89. The standard InChI is InChI=1S/C28H48N4O7/c1-16-11-28(5,36-8)25(39-27-24(34)22(32(6)7)9-17(2)38-27)18(3)23(33)19(4)26(35)37-14-21(30-12-16)10-20-13-29-15-31-20/h13,15-19,21-22,24-25,27,30,34H,9-12,14H2,1-8H3,(H,29,31)/t16-,17?,18+,19-,21+,22?,24?,25-,27+,28-/m1/s1. The van der Waals surface area contributed by atoms with Crippen molar-refractivity contribution >= 4 is 11.8 Å². The molecule has 3 rings (SSSR count). The lowest BCUT2D eigenvalue weighted by molar-refractivity contribution is -0.295. The summed E-state index contributed by atoms with van der Waals surface area (Å²) < 4.78 is 24.3. The number of hydrogen-bond acceptors (Lipinski definition) is 10. The Balaban J connectivity index is 1.90. The monoisotopic (exact) mass is 552 g/mol. The number of cyclic esters (lactones) is 1. The van der Waals surface area contributed by atoms with E-state index in [1.807, 2.05) is 32.8 Å². The zero-order valence-corrected chi connectivity index (χ0v) is 24.7. The highest BCUT2D eigenvalue weighted by molar-refractivity contribution is 5.99. The first-order chi connectivity index (χ1) is 18.4. The third kappa shape index (κ3) is 7.86. The van der Waals surface area contributed by atoms with Crippen LogP contribution in [0.15, 0.2) is 12.5 Å². The molecule has 1 aromatic rings. The predicted molar refractivity (Wildman–Crippen MR) is 145 cm³/mol. The van der Waals surface area contributed by atoms with Crippen molar-refractivity contribution in [2.75, 3.05) is 34.4 Å². The second-order valence-corrected chi connectivity index (χ2v) is 11.9. The van der Waals surface area contributed by atoms with Gasteiger partial charge in [-0.25, -0.2) is 4.98 Å². The molecule has 0 aromatic carbocycles. The topological polar surface area (TPSA) is 135 Å². The Morgan fingerprint density at radius 1 is 1.23 bits per heavy atom. The number of imidazole rings is 1.